The van der Waals surface area contributed by atoms with Gasteiger partial charge in [-0.1, -0.05) is 6.07 Å². The second kappa shape index (κ2) is 11.9. The van der Waals surface area contributed by atoms with E-state index >= 15 is 0 Å². The molecule has 1 aliphatic rings. The van der Waals surface area contributed by atoms with Gasteiger partial charge in [0.15, 0.2) is 17.5 Å². The molecule has 0 radical (unpaired) electrons. The zero-order valence-corrected chi connectivity index (χ0v) is 17.2. The number of thioether (sulfide) groups is 1. The number of benzene rings is 1. The summed E-state index contributed by atoms with van der Waals surface area (Å²) in [6.07, 6.45) is 4.52. The maximum atomic E-state index is 5.66. The fourth-order valence-corrected chi connectivity index (χ4v) is 4.06. The fraction of sp³-hybridized carbons (Fsp3) is 0.650. The molecule has 26 heavy (non-hydrogen) atoms. The monoisotopic (exact) mass is 379 g/mol. The lowest BCUT2D eigenvalue weighted by Gasteiger charge is -2.24. The van der Waals surface area contributed by atoms with Gasteiger partial charge in [0, 0.05) is 24.9 Å². The summed E-state index contributed by atoms with van der Waals surface area (Å²) in [5.41, 5.74) is 1.26. The molecule has 1 saturated heterocycles. The van der Waals surface area contributed by atoms with E-state index in [1.807, 2.05) is 24.8 Å². The zero-order valence-electron chi connectivity index (χ0n) is 16.3. The summed E-state index contributed by atoms with van der Waals surface area (Å²) in [7, 11) is 1.67. The molecule has 0 spiro atoms. The number of guanidine groups is 1. The lowest BCUT2D eigenvalue weighted by Crippen LogP contribution is -2.45. The molecule has 6 heteroatoms. The minimum Gasteiger partial charge on any atom is -0.493 e. The van der Waals surface area contributed by atoms with Crippen molar-refractivity contribution in [3.8, 4) is 11.5 Å². The maximum absolute atomic E-state index is 5.66. The minimum absolute atomic E-state index is 0.543. The van der Waals surface area contributed by atoms with Crippen molar-refractivity contribution in [2.75, 3.05) is 38.3 Å². The maximum Gasteiger partial charge on any atom is 0.191 e. The van der Waals surface area contributed by atoms with Gasteiger partial charge in [0.25, 0.3) is 0 Å². The highest BCUT2D eigenvalue weighted by atomic mass is 32.2. The Labute approximate surface area is 162 Å². The first-order valence-corrected chi connectivity index (χ1v) is 10.8. The van der Waals surface area contributed by atoms with Crippen molar-refractivity contribution >= 4 is 17.7 Å². The van der Waals surface area contributed by atoms with E-state index in [1.165, 1.54) is 29.9 Å². The van der Waals surface area contributed by atoms with Crippen LogP contribution in [0.2, 0.25) is 0 Å². The summed E-state index contributed by atoms with van der Waals surface area (Å²) in [5.74, 6) is 5.02. The van der Waals surface area contributed by atoms with Crippen molar-refractivity contribution in [3.63, 3.8) is 0 Å². The van der Waals surface area contributed by atoms with Gasteiger partial charge in [0.05, 0.1) is 13.7 Å². The van der Waals surface area contributed by atoms with Gasteiger partial charge in [-0.3, -0.25) is 4.99 Å². The van der Waals surface area contributed by atoms with Crippen LogP contribution in [0.4, 0.5) is 0 Å². The van der Waals surface area contributed by atoms with Gasteiger partial charge in [0.2, 0.25) is 0 Å². The first-order chi connectivity index (χ1) is 12.8. The molecular formula is C20H33N3O2S. The molecule has 1 fully saturated rings. The Morgan fingerprint density at radius 1 is 1.31 bits per heavy atom. The molecule has 146 valence electrons. The number of methoxy groups -OCH3 is 1. The van der Waals surface area contributed by atoms with Gasteiger partial charge < -0.3 is 20.1 Å². The fourth-order valence-electron chi connectivity index (χ4n) is 2.99. The van der Waals surface area contributed by atoms with Crippen LogP contribution in [0.1, 0.15) is 38.7 Å². The van der Waals surface area contributed by atoms with E-state index < -0.39 is 0 Å². The van der Waals surface area contributed by atoms with E-state index in [4.69, 9.17) is 14.5 Å². The lowest BCUT2D eigenvalue weighted by molar-refractivity contribution is 0.310. The molecule has 1 unspecified atom stereocenters. The molecule has 2 N–H and O–H groups in total. The van der Waals surface area contributed by atoms with Gasteiger partial charge in [-0.15, -0.1) is 0 Å². The molecule has 1 aromatic carbocycles. The third-order valence-corrected chi connectivity index (χ3v) is 5.48. The first-order valence-electron chi connectivity index (χ1n) is 9.69. The molecule has 0 bridgehead atoms. The standard InChI is InChI=1S/C20H33N3O2S/c1-4-21-20(23-17-9-7-13-26-15-17)22-12-6-8-16-10-11-18(24-3)19(14-16)25-5-2/h10-11,14,17H,4-9,12-13,15H2,1-3H3,(H2,21,22,23). The summed E-state index contributed by atoms with van der Waals surface area (Å²) in [4.78, 5) is 4.74. The topological polar surface area (TPSA) is 54.9 Å². The van der Waals surface area contributed by atoms with Crippen LogP contribution in [0.15, 0.2) is 23.2 Å². The van der Waals surface area contributed by atoms with Crippen LogP contribution in [-0.2, 0) is 6.42 Å². The number of aliphatic imine (C=N–C) groups is 1. The van der Waals surface area contributed by atoms with Crippen LogP contribution >= 0.6 is 11.8 Å². The molecule has 0 amide bonds. The van der Waals surface area contributed by atoms with Crippen LogP contribution < -0.4 is 20.1 Å². The Kier molecular flexibility index (Phi) is 9.53. The molecule has 0 aromatic heterocycles. The SMILES string of the molecule is CCNC(=NCCCc1ccc(OC)c(OCC)c1)NC1CCCSC1. The molecule has 1 aliphatic heterocycles. The Balaban J connectivity index is 1.84. The van der Waals surface area contributed by atoms with Gasteiger partial charge in [0.1, 0.15) is 0 Å². The van der Waals surface area contributed by atoms with Crippen molar-refractivity contribution < 1.29 is 9.47 Å². The highest BCUT2D eigenvalue weighted by Crippen LogP contribution is 2.28. The number of ether oxygens (including phenoxy) is 2. The average molecular weight is 380 g/mol. The molecule has 1 atom stereocenters. The highest BCUT2D eigenvalue weighted by Gasteiger charge is 2.14. The summed E-state index contributed by atoms with van der Waals surface area (Å²) in [6, 6.07) is 6.71. The highest BCUT2D eigenvalue weighted by molar-refractivity contribution is 7.99. The Morgan fingerprint density at radius 3 is 2.88 bits per heavy atom. The van der Waals surface area contributed by atoms with Crippen molar-refractivity contribution in [1.29, 1.82) is 0 Å². The predicted octanol–water partition coefficient (Wildman–Crippen LogP) is 3.48. The molecule has 0 saturated carbocycles. The molecule has 1 heterocycles. The van der Waals surface area contributed by atoms with Gasteiger partial charge in [-0.2, -0.15) is 11.8 Å². The van der Waals surface area contributed by atoms with Crippen molar-refractivity contribution in [2.24, 2.45) is 4.99 Å². The van der Waals surface area contributed by atoms with Crippen molar-refractivity contribution in [2.45, 2.75) is 45.6 Å². The van der Waals surface area contributed by atoms with E-state index in [-0.39, 0.29) is 0 Å². The molecule has 0 aliphatic carbocycles. The largest absolute Gasteiger partial charge is 0.493 e. The van der Waals surface area contributed by atoms with Crippen LogP contribution in [-0.4, -0.2) is 50.3 Å². The van der Waals surface area contributed by atoms with Crippen molar-refractivity contribution in [3.05, 3.63) is 23.8 Å². The van der Waals surface area contributed by atoms with Gasteiger partial charge >= 0.3 is 0 Å². The van der Waals surface area contributed by atoms with Crippen LogP contribution in [0.5, 0.6) is 11.5 Å². The Bertz CT molecular complexity index is 560. The number of hydrogen-bond acceptors (Lipinski definition) is 4. The van der Waals surface area contributed by atoms with Crippen LogP contribution in [0.25, 0.3) is 0 Å². The number of aryl methyl sites for hydroxylation is 1. The predicted molar refractivity (Wildman–Crippen MR) is 112 cm³/mol. The normalized spacial score (nSPS) is 17.7. The quantitative estimate of drug-likeness (QED) is 0.391. The summed E-state index contributed by atoms with van der Waals surface area (Å²) >= 11 is 2.03. The second-order valence-electron chi connectivity index (χ2n) is 6.34. The van der Waals surface area contributed by atoms with Gasteiger partial charge in [-0.25, -0.2) is 0 Å². The van der Waals surface area contributed by atoms with Gasteiger partial charge in [-0.05, 0) is 63.0 Å². The molecule has 5 nitrogen and oxygen atoms in total. The first kappa shape index (κ1) is 20.7. The number of nitrogens with zero attached hydrogens (tertiary/aromatic N) is 1. The molecule has 2 rings (SSSR count). The number of rotatable bonds is 9. The average Bonchev–Trinajstić information content (AvgIpc) is 2.66. The van der Waals surface area contributed by atoms with Crippen molar-refractivity contribution in [1.82, 2.24) is 10.6 Å². The summed E-state index contributed by atoms with van der Waals surface area (Å²) in [6.45, 7) is 6.44. The van der Waals surface area contributed by atoms with E-state index in [0.717, 1.165) is 43.4 Å². The third-order valence-electron chi connectivity index (χ3n) is 4.27. The van der Waals surface area contributed by atoms with E-state index in [9.17, 15) is 0 Å². The van der Waals surface area contributed by atoms with E-state index in [0.29, 0.717) is 12.6 Å². The van der Waals surface area contributed by atoms with Crippen LogP contribution in [0, 0.1) is 0 Å². The Morgan fingerprint density at radius 2 is 2.19 bits per heavy atom. The van der Waals surface area contributed by atoms with E-state index in [2.05, 4.69) is 29.7 Å². The Hall–Kier alpha value is -1.56. The molecular weight excluding hydrogens is 346 g/mol. The summed E-state index contributed by atoms with van der Waals surface area (Å²) in [5, 5.41) is 6.94. The zero-order chi connectivity index (χ0) is 18.6. The van der Waals surface area contributed by atoms with Crippen LogP contribution in [0.3, 0.4) is 0 Å². The minimum atomic E-state index is 0.543. The lowest BCUT2D eigenvalue weighted by atomic mass is 10.1. The molecule has 1 aromatic rings. The third kappa shape index (κ3) is 6.98. The number of nitrogens with one attached hydrogen (secondary N) is 2. The smallest absolute Gasteiger partial charge is 0.191 e. The second-order valence-corrected chi connectivity index (χ2v) is 7.49. The van der Waals surface area contributed by atoms with E-state index in [1.54, 1.807) is 7.11 Å². The number of hydrogen-bond donors (Lipinski definition) is 2. The summed E-state index contributed by atoms with van der Waals surface area (Å²) < 4.78 is 11.0.